The third-order valence-corrected chi connectivity index (χ3v) is 7.74. The van der Waals surface area contributed by atoms with Crippen LogP contribution in [-0.4, -0.2) is 41.3 Å². The highest BCUT2D eigenvalue weighted by molar-refractivity contribution is 7.89. The van der Waals surface area contributed by atoms with Gasteiger partial charge in [-0.2, -0.15) is 9.57 Å². The smallest absolute Gasteiger partial charge is 0.244 e. The highest BCUT2D eigenvalue weighted by atomic mass is 32.2. The van der Waals surface area contributed by atoms with Crippen molar-refractivity contribution in [3.63, 3.8) is 0 Å². The number of para-hydroxylation sites is 2. The fourth-order valence-electron chi connectivity index (χ4n) is 4.11. The maximum absolute atomic E-state index is 13.0. The lowest BCUT2D eigenvalue weighted by molar-refractivity contribution is -0.121. The third kappa shape index (κ3) is 4.11. The number of piperidine rings is 1. The molecule has 8 nitrogen and oxygen atoms in total. The van der Waals surface area contributed by atoms with E-state index in [2.05, 4.69) is 17.2 Å². The maximum atomic E-state index is 13.0. The number of hydrogen-bond donors (Lipinski definition) is 1. The number of nitriles is 1. The Morgan fingerprint density at radius 1 is 1.16 bits per heavy atom. The van der Waals surface area contributed by atoms with Crippen LogP contribution in [0.3, 0.4) is 0 Å². The Bertz CT molecular complexity index is 1280. The van der Waals surface area contributed by atoms with Gasteiger partial charge in [0.05, 0.1) is 21.5 Å². The molecule has 9 heteroatoms. The van der Waals surface area contributed by atoms with Gasteiger partial charge in [0.1, 0.15) is 6.07 Å². The molecule has 1 aliphatic rings. The maximum Gasteiger partial charge on any atom is 0.244 e. The fourth-order valence-corrected chi connectivity index (χ4v) is 5.73. The van der Waals surface area contributed by atoms with E-state index in [1.54, 1.807) is 12.1 Å². The van der Waals surface area contributed by atoms with Crippen LogP contribution in [0.2, 0.25) is 0 Å². The summed E-state index contributed by atoms with van der Waals surface area (Å²) in [6, 6.07) is 15.9. The van der Waals surface area contributed by atoms with Crippen LogP contribution in [0, 0.1) is 17.2 Å². The highest BCUT2D eigenvalue weighted by Gasteiger charge is 2.33. The van der Waals surface area contributed by atoms with Crippen LogP contribution in [0.15, 0.2) is 53.4 Å². The summed E-state index contributed by atoms with van der Waals surface area (Å²) in [5, 5.41) is 12.2. The van der Waals surface area contributed by atoms with E-state index in [4.69, 9.17) is 0 Å². The quantitative estimate of drug-likeness (QED) is 0.618. The molecule has 4 rings (SSSR count). The van der Waals surface area contributed by atoms with E-state index in [1.807, 2.05) is 34.9 Å². The molecular formula is C23H25N5O3S. The van der Waals surface area contributed by atoms with Crippen molar-refractivity contribution in [3.8, 4) is 6.07 Å². The molecule has 0 aliphatic carbocycles. The van der Waals surface area contributed by atoms with E-state index in [-0.39, 0.29) is 35.4 Å². The molecule has 0 unspecified atom stereocenters. The number of carbonyl (C=O) groups is 1. The predicted octanol–water partition coefficient (Wildman–Crippen LogP) is 3.36. The number of imidazole rings is 1. The molecule has 32 heavy (non-hydrogen) atoms. The first-order valence-electron chi connectivity index (χ1n) is 10.7. The standard InChI is InChI=1S/C23H25N5O3S/c1-2-13-28-20-9-5-4-8-19(20)25-23(28)26-22(29)17-11-14-27(15-12-17)32(30,31)21-10-6-3-7-18(21)16-24/h3-10,17H,2,11-15H2,1H3,(H,25,26,29). The number of sulfonamides is 1. The Balaban J connectivity index is 1.46. The number of nitrogens with one attached hydrogen (secondary N) is 1. The summed E-state index contributed by atoms with van der Waals surface area (Å²) >= 11 is 0. The molecule has 0 spiro atoms. The number of nitrogens with zero attached hydrogens (tertiary/aromatic N) is 4. The largest absolute Gasteiger partial charge is 0.310 e. The van der Waals surface area contributed by atoms with Crippen LogP contribution in [-0.2, 0) is 21.4 Å². The Kier molecular flexibility index (Phi) is 6.26. The average molecular weight is 452 g/mol. The Labute approximate surface area is 187 Å². The van der Waals surface area contributed by atoms with Crippen LogP contribution < -0.4 is 5.32 Å². The van der Waals surface area contributed by atoms with Gasteiger partial charge < -0.3 is 4.57 Å². The molecule has 166 valence electrons. The molecule has 3 aromatic rings. The summed E-state index contributed by atoms with van der Waals surface area (Å²) in [4.78, 5) is 17.5. The zero-order valence-corrected chi connectivity index (χ0v) is 18.7. The number of hydrogen-bond acceptors (Lipinski definition) is 5. The predicted molar refractivity (Wildman–Crippen MR) is 121 cm³/mol. The monoisotopic (exact) mass is 451 g/mol. The summed E-state index contributed by atoms with van der Waals surface area (Å²) in [6.07, 6.45) is 1.73. The van der Waals surface area contributed by atoms with Crippen molar-refractivity contribution < 1.29 is 13.2 Å². The number of aromatic nitrogens is 2. The van der Waals surface area contributed by atoms with Crippen molar-refractivity contribution >= 4 is 32.9 Å². The molecule has 0 bridgehead atoms. The van der Waals surface area contributed by atoms with Gasteiger partial charge in [0.15, 0.2) is 0 Å². The van der Waals surface area contributed by atoms with E-state index in [0.29, 0.717) is 18.8 Å². The molecule has 2 aromatic carbocycles. The topological polar surface area (TPSA) is 108 Å². The lowest BCUT2D eigenvalue weighted by Gasteiger charge is -2.30. The molecule has 1 fully saturated rings. The van der Waals surface area contributed by atoms with Crippen LogP contribution in [0.5, 0.6) is 0 Å². The molecule has 1 N–H and O–H groups in total. The Morgan fingerprint density at radius 2 is 1.84 bits per heavy atom. The minimum Gasteiger partial charge on any atom is -0.310 e. The molecule has 1 aliphatic heterocycles. The Hall–Kier alpha value is -3.22. The summed E-state index contributed by atoms with van der Waals surface area (Å²) < 4.78 is 29.4. The van der Waals surface area contributed by atoms with Gasteiger partial charge in [0.25, 0.3) is 0 Å². The first-order chi connectivity index (χ1) is 15.5. The fraction of sp³-hybridized carbons (Fsp3) is 0.348. The number of carbonyl (C=O) groups excluding carboxylic acids is 1. The van der Waals surface area contributed by atoms with Gasteiger partial charge in [-0.05, 0) is 43.5 Å². The van der Waals surface area contributed by atoms with Crippen LogP contribution >= 0.6 is 0 Å². The molecular weight excluding hydrogens is 426 g/mol. The van der Waals surface area contributed by atoms with E-state index < -0.39 is 10.0 Å². The second-order valence-corrected chi connectivity index (χ2v) is 9.76. The molecule has 0 atom stereocenters. The average Bonchev–Trinajstić information content (AvgIpc) is 3.16. The first-order valence-corrected chi connectivity index (χ1v) is 12.1. The minimum absolute atomic E-state index is 0.0127. The summed E-state index contributed by atoms with van der Waals surface area (Å²) in [5.41, 5.74) is 1.93. The first kappa shape index (κ1) is 22.0. The van der Waals surface area contributed by atoms with Gasteiger partial charge in [-0.1, -0.05) is 31.2 Å². The van der Waals surface area contributed by atoms with Crippen molar-refractivity contribution in [2.75, 3.05) is 18.4 Å². The molecule has 0 radical (unpaired) electrons. The van der Waals surface area contributed by atoms with Crippen LogP contribution in [0.1, 0.15) is 31.7 Å². The normalized spacial score (nSPS) is 15.5. The molecule has 1 saturated heterocycles. The number of aryl methyl sites for hydroxylation is 1. The van der Waals surface area contributed by atoms with Gasteiger partial charge in [0.2, 0.25) is 21.9 Å². The van der Waals surface area contributed by atoms with Gasteiger partial charge in [-0.3, -0.25) is 10.1 Å². The zero-order valence-electron chi connectivity index (χ0n) is 17.9. The van der Waals surface area contributed by atoms with E-state index in [1.165, 1.54) is 16.4 Å². The second kappa shape index (κ2) is 9.10. The van der Waals surface area contributed by atoms with Crippen molar-refractivity contribution in [1.29, 1.82) is 5.26 Å². The van der Waals surface area contributed by atoms with Gasteiger partial charge >= 0.3 is 0 Å². The van der Waals surface area contributed by atoms with Crippen LogP contribution in [0.4, 0.5) is 5.95 Å². The van der Waals surface area contributed by atoms with Crippen molar-refractivity contribution in [2.24, 2.45) is 5.92 Å². The Morgan fingerprint density at radius 3 is 2.56 bits per heavy atom. The van der Waals surface area contributed by atoms with Gasteiger partial charge in [-0.25, -0.2) is 13.4 Å². The summed E-state index contributed by atoms with van der Waals surface area (Å²) in [7, 11) is -3.78. The zero-order chi connectivity index (χ0) is 22.7. The SMILES string of the molecule is CCCn1c(NC(=O)C2CCN(S(=O)(=O)c3ccccc3C#N)CC2)nc2ccccc21. The molecule has 1 aromatic heterocycles. The van der Waals surface area contributed by atoms with E-state index >= 15 is 0 Å². The third-order valence-electron chi connectivity index (χ3n) is 5.79. The summed E-state index contributed by atoms with van der Waals surface area (Å²) in [5.74, 6) is 0.0748. The molecule has 2 heterocycles. The number of rotatable bonds is 6. The molecule has 1 amide bonds. The lowest BCUT2D eigenvalue weighted by atomic mass is 9.97. The summed E-state index contributed by atoms with van der Waals surface area (Å²) in [6.45, 7) is 3.27. The van der Waals surface area contributed by atoms with E-state index in [0.717, 1.165) is 24.0 Å². The van der Waals surface area contributed by atoms with Gasteiger partial charge in [0, 0.05) is 25.6 Å². The number of amides is 1. The number of benzene rings is 2. The van der Waals surface area contributed by atoms with E-state index in [9.17, 15) is 18.5 Å². The highest BCUT2D eigenvalue weighted by Crippen LogP contribution is 2.27. The number of fused-ring (bicyclic) bond motifs is 1. The van der Waals surface area contributed by atoms with Crippen molar-refractivity contribution in [3.05, 3.63) is 54.1 Å². The van der Waals surface area contributed by atoms with Crippen molar-refractivity contribution in [2.45, 2.75) is 37.6 Å². The van der Waals surface area contributed by atoms with Crippen molar-refractivity contribution in [1.82, 2.24) is 13.9 Å². The van der Waals surface area contributed by atoms with Gasteiger partial charge in [-0.15, -0.1) is 0 Å². The minimum atomic E-state index is -3.78. The number of anilines is 1. The van der Waals surface area contributed by atoms with Crippen LogP contribution in [0.25, 0.3) is 11.0 Å². The lowest BCUT2D eigenvalue weighted by Crippen LogP contribution is -2.41. The second-order valence-electron chi connectivity index (χ2n) is 7.85. The molecule has 0 saturated carbocycles.